The number of aromatic nitrogens is 2. The Morgan fingerprint density at radius 1 is 1.44 bits per heavy atom. The van der Waals surface area contributed by atoms with Gasteiger partial charge in [-0.1, -0.05) is 0 Å². The number of carbonyl (C=O) groups is 1. The van der Waals surface area contributed by atoms with Crippen LogP contribution in [0.25, 0.3) is 0 Å². The average molecular weight is 385 g/mol. The Hall–Kier alpha value is -2.05. The molecule has 4 N–H and O–H groups in total. The van der Waals surface area contributed by atoms with Crippen molar-refractivity contribution in [3.8, 4) is 0 Å². The van der Waals surface area contributed by atoms with E-state index in [0.29, 0.717) is 19.4 Å². The van der Waals surface area contributed by atoms with Crippen molar-refractivity contribution >= 4 is 11.8 Å². The lowest BCUT2D eigenvalue weighted by Gasteiger charge is -2.38. The number of hydrogen-bond acceptors (Lipinski definition) is 10. The molecule has 11 nitrogen and oxygen atoms in total. The fourth-order valence-electron chi connectivity index (χ4n) is 3.24. The number of anilines is 1. The van der Waals surface area contributed by atoms with Crippen LogP contribution in [0.15, 0.2) is 17.1 Å². The molecule has 1 saturated carbocycles. The minimum Gasteiger partial charge on any atom is -0.461 e. The van der Waals surface area contributed by atoms with E-state index in [-0.39, 0.29) is 12.4 Å². The van der Waals surface area contributed by atoms with Crippen molar-refractivity contribution in [1.82, 2.24) is 9.55 Å². The summed E-state index contributed by atoms with van der Waals surface area (Å²) in [6.45, 7) is 1.88. The van der Waals surface area contributed by atoms with Gasteiger partial charge in [-0.3, -0.25) is 15.3 Å². The Balaban J connectivity index is 1.65. The first-order chi connectivity index (χ1) is 12.9. The van der Waals surface area contributed by atoms with E-state index in [0.717, 1.165) is 11.0 Å². The number of carbonyl (C=O) groups excluding carboxylic acids is 1. The third-order valence-corrected chi connectivity index (χ3v) is 4.89. The topological polar surface area (TPSA) is 152 Å². The van der Waals surface area contributed by atoms with E-state index < -0.39 is 41.8 Å². The number of esters is 1. The summed E-state index contributed by atoms with van der Waals surface area (Å²) in [4.78, 5) is 27.8. The highest BCUT2D eigenvalue weighted by molar-refractivity contribution is 5.80. The lowest BCUT2D eigenvalue weighted by atomic mass is 9.80. The summed E-state index contributed by atoms with van der Waals surface area (Å²) in [7, 11) is 0. The SMILES string of the molecule is CCOC1(C(=O)OC[C@H]2O[C@@H](n3ccc(NO)nc3=O)[C@H](O)[C@@H]2O)CCC1. The van der Waals surface area contributed by atoms with E-state index in [9.17, 15) is 19.8 Å². The minimum atomic E-state index is -1.43. The largest absolute Gasteiger partial charge is 0.461 e. The number of nitrogens with zero attached hydrogens (tertiary/aromatic N) is 2. The van der Waals surface area contributed by atoms with Crippen LogP contribution in [0.4, 0.5) is 5.82 Å². The smallest absolute Gasteiger partial charge is 0.351 e. The number of hydrogen-bond donors (Lipinski definition) is 4. The summed E-state index contributed by atoms with van der Waals surface area (Å²) in [6.07, 6.45) is -1.75. The molecular weight excluding hydrogens is 362 g/mol. The molecule has 1 aromatic heterocycles. The molecule has 11 heteroatoms. The molecular formula is C16H23N3O8. The second kappa shape index (κ2) is 7.90. The van der Waals surface area contributed by atoms with E-state index in [2.05, 4.69) is 4.98 Å². The molecule has 0 spiro atoms. The third-order valence-electron chi connectivity index (χ3n) is 4.89. The third kappa shape index (κ3) is 3.69. The summed E-state index contributed by atoms with van der Waals surface area (Å²) in [5.41, 5.74) is -0.00254. The molecule has 0 radical (unpaired) electrons. The van der Waals surface area contributed by atoms with E-state index in [1.165, 1.54) is 12.3 Å². The van der Waals surface area contributed by atoms with E-state index in [1.807, 2.05) is 0 Å². The van der Waals surface area contributed by atoms with Crippen molar-refractivity contribution in [2.45, 2.75) is 56.3 Å². The maximum absolute atomic E-state index is 12.3. The molecule has 2 aliphatic rings. The standard InChI is InChI=1S/C16H23N3O8/c1-2-26-16(5-3-6-16)14(22)25-8-9-11(20)12(21)13(27-9)19-7-4-10(18-24)17-15(19)23/h4,7,9,11-13,20-21,24H,2-3,5-6,8H2,1H3,(H,17,18,23)/t9-,11-,12-,13-/m1/s1. The molecule has 4 atom stereocenters. The Kier molecular flexibility index (Phi) is 5.77. The van der Waals surface area contributed by atoms with Gasteiger partial charge in [-0.15, -0.1) is 0 Å². The van der Waals surface area contributed by atoms with E-state index in [1.54, 1.807) is 12.4 Å². The lowest BCUT2D eigenvalue weighted by molar-refractivity contribution is -0.189. The second-order valence-corrected chi connectivity index (χ2v) is 6.54. The van der Waals surface area contributed by atoms with E-state index >= 15 is 0 Å². The van der Waals surface area contributed by atoms with Gasteiger partial charge in [0, 0.05) is 12.8 Å². The summed E-state index contributed by atoms with van der Waals surface area (Å²) in [5, 5.41) is 29.2. The molecule has 0 amide bonds. The molecule has 0 unspecified atom stereocenters. The van der Waals surface area contributed by atoms with Gasteiger partial charge in [-0.05, 0) is 32.3 Å². The van der Waals surface area contributed by atoms with Gasteiger partial charge < -0.3 is 24.4 Å². The number of nitrogens with one attached hydrogen (secondary N) is 1. The quantitative estimate of drug-likeness (QED) is 0.345. The van der Waals surface area contributed by atoms with Gasteiger partial charge >= 0.3 is 11.7 Å². The highest BCUT2D eigenvalue weighted by Crippen LogP contribution is 2.37. The molecule has 3 rings (SSSR count). The molecule has 1 aromatic rings. The van der Waals surface area contributed by atoms with Crippen molar-refractivity contribution in [2.75, 3.05) is 18.7 Å². The van der Waals surface area contributed by atoms with Crippen LogP contribution >= 0.6 is 0 Å². The monoisotopic (exact) mass is 385 g/mol. The Labute approximate surface area is 154 Å². The number of rotatable bonds is 7. The zero-order chi connectivity index (χ0) is 19.6. The fraction of sp³-hybridized carbons (Fsp3) is 0.688. The van der Waals surface area contributed by atoms with Crippen LogP contribution in [-0.4, -0.2) is 68.1 Å². The van der Waals surface area contributed by atoms with Gasteiger partial charge in [-0.2, -0.15) is 4.98 Å². The van der Waals surface area contributed by atoms with Crippen LogP contribution in [0.3, 0.4) is 0 Å². The van der Waals surface area contributed by atoms with Crippen molar-refractivity contribution in [1.29, 1.82) is 0 Å². The zero-order valence-corrected chi connectivity index (χ0v) is 14.8. The first-order valence-electron chi connectivity index (χ1n) is 8.74. The Morgan fingerprint density at radius 3 is 2.74 bits per heavy atom. The van der Waals surface area contributed by atoms with Crippen molar-refractivity contribution in [2.24, 2.45) is 0 Å². The van der Waals surface area contributed by atoms with Gasteiger partial charge in [-0.25, -0.2) is 9.59 Å². The molecule has 2 fully saturated rings. The lowest BCUT2D eigenvalue weighted by Crippen LogP contribution is -2.49. The summed E-state index contributed by atoms with van der Waals surface area (Å²) < 4.78 is 17.3. The summed E-state index contributed by atoms with van der Waals surface area (Å²) >= 11 is 0. The van der Waals surface area contributed by atoms with Gasteiger partial charge in [0.15, 0.2) is 17.6 Å². The van der Waals surface area contributed by atoms with Gasteiger partial charge in [0.2, 0.25) is 0 Å². The first kappa shape index (κ1) is 19.7. The molecule has 27 heavy (non-hydrogen) atoms. The van der Waals surface area contributed by atoms with Crippen molar-refractivity contribution in [3.05, 3.63) is 22.7 Å². The van der Waals surface area contributed by atoms with Crippen molar-refractivity contribution < 1.29 is 34.4 Å². The van der Waals surface area contributed by atoms with Crippen LogP contribution in [0, 0.1) is 0 Å². The number of ether oxygens (including phenoxy) is 3. The van der Waals surface area contributed by atoms with E-state index in [4.69, 9.17) is 19.4 Å². The van der Waals surface area contributed by atoms with Gasteiger partial charge in [0.05, 0.1) is 0 Å². The van der Waals surface area contributed by atoms with Crippen LogP contribution < -0.4 is 11.2 Å². The molecule has 0 aromatic carbocycles. The van der Waals surface area contributed by atoms with Crippen LogP contribution in [0.1, 0.15) is 32.4 Å². The molecule has 2 heterocycles. The van der Waals surface area contributed by atoms with Crippen molar-refractivity contribution in [3.63, 3.8) is 0 Å². The normalized spacial score (nSPS) is 29.2. The predicted octanol–water partition coefficient (Wildman–Crippen LogP) is -0.834. The Bertz CT molecular complexity index is 735. The van der Waals surface area contributed by atoms with Gasteiger partial charge in [0.25, 0.3) is 0 Å². The fourth-order valence-corrected chi connectivity index (χ4v) is 3.24. The summed E-state index contributed by atoms with van der Waals surface area (Å²) in [5.74, 6) is -0.599. The average Bonchev–Trinajstić information content (AvgIpc) is 2.90. The molecule has 1 aliphatic heterocycles. The minimum absolute atomic E-state index is 0.0727. The number of aliphatic hydroxyl groups is 2. The molecule has 150 valence electrons. The maximum Gasteiger partial charge on any atom is 0.351 e. The maximum atomic E-state index is 12.3. The highest BCUT2D eigenvalue weighted by atomic mass is 16.6. The summed E-state index contributed by atoms with van der Waals surface area (Å²) in [6, 6.07) is 1.29. The van der Waals surface area contributed by atoms with Crippen LogP contribution in [-0.2, 0) is 19.0 Å². The highest BCUT2D eigenvalue weighted by Gasteiger charge is 2.49. The Morgan fingerprint density at radius 2 is 2.19 bits per heavy atom. The van der Waals surface area contributed by atoms with Crippen LogP contribution in [0.5, 0.6) is 0 Å². The number of aliphatic hydroxyl groups excluding tert-OH is 2. The molecule has 1 aliphatic carbocycles. The first-order valence-corrected chi connectivity index (χ1v) is 8.74. The molecule has 1 saturated heterocycles. The van der Waals surface area contributed by atoms with Gasteiger partial charge in [0.1, 0.15) is 24.9 Å². The molecule has 0 bridgehead atoms. The van der Waals surface area contributed by atoms with Crippen LogP contribution in [0.2, 0.25) is 0 Å². The second-order valence-electron chi connectivity index (χ2n) is 6.54. The predicted molar refractivity (Wildman–Crippen MR) is 89.0 cm³/mol. The zero-order valence-electron chi connectivity index (χ0n) is 14.8.